The smallest absolute Gasteiger partial charge is 0.347 e. The van der Waals surface area contributed by atoms with Crippen LogP contribution < -0.4 is 0 Å². The van der Waals surface area contributed by atoms with Gasteiger partial charge in [0.25, 0.3) is 0 Å². The first-order valence-corrected chi connectivity index (χ1v) is 54.5. The number of rotatable bonds is 28. The maximum absolute atomic E-state index is 12.8. The fourth-order valence-corrected chi connectivity index (χ4v) is 29.9. The SMILES string of the molecule is CC(C)COC(C)OC(=O)C1C2CC(C(C)C2C)C1C(=O)O.CC1C(C)C2CC1C(C(=O)O)C2C(=O)OC(C)(C)C.CC1C(C)C2CC1C(C(=O)OC1CCOC1=O)C2C(=O)OC(C)(C)C.CC1C(C)C2CC1C(C(=O)OC1COC(=O)C1)C2C(=O)OC(C)(C)C.CCOC(C)OC(=O)C1C2CC(C(C)C2C)C1C(=O)O.CCOCOC(=O)C1C2CC(C(C)C2C)C1C(=O)O.COCOC(=O)C1C2CC(C(C)C2C)C1C(=O)O. The molecule has 36 nitrogen and oxygen atoms in total. The molecular weight excluding hydrogens is 1920 g/mol. The Morgan fingerprint density at radius 3 is 0.811 bits per heavy atom. The standard InChI is InChI=1S/2C19H28O6.C17H28O5.C15H24O5.C15H24O4.C14H22O5.C13H20O5/c1-9-10(2)13-7-12(9)15(16(13)18(22)25-19(3,4)5)17(21)24-11-6-14(20)23-8-11;1-9-10(2)12-8-11(9)14(15(12)18(22)25-19(3,4)5)17(21)24-13-6-7-23-16(13)20;1-8(2)7-21-11(5)22-17(20)15-13-6-12(9(3)10(13)4)14(15)16(18)19;1-5-19-9(4)20-15(18)13-11-6-10(7(2)8(11)3)12(13)14(16)17;1-7-8(2)10-6-9(7)11(13(16)17)12(10)14(18)19-15(3,4)5;1-4-18-6-19-14(17)12-10-5-9(7(2)8(10)3)11(12)13(15)16;1-6-7(2)9-4-8(6)10(12(14)15)11(9)13(16)18-5-17-3/h9-13,15-16H,6-8H2,1-5H3;9-15H,6-8H2,1-5H3;8-15H,6-7H2,1-5H3,(H,18,19);7-13H,5-6H2,1-4H3,(H,16,17);7-12H,6H2,1-5H3,(H,16,17);7-12H,4-6H2,1-3H3,(H,15,16);6-11H,4-5H2,1-3H3,(H,14,15). The van der Waals surface area contributed by atoms with E-state index in [9.17, 15) is 102 Å². The largest absolute Gasteiger partial charge is 0.481 e. The summed E-state index contributed by atoms with van der Waals surface area (Å²) >= 11 is 0. The number of hydrogen-bond acceptors (Lipinski definition) is 31. The molecule has 0 spiro atoms. The molecule has 46 unspecified atom stereocenters. The van der Waals surface area contributed by atoms with Crippen molar-refractivity contribution in [1.29, 1.82) is 0 Å². The van der Waals surface area contributed by atoms with Crippen molar-refractivity contribution in [2.24, 2.45) is 254 Å². The molecule has 0 aromatic heterocycles. The van der Waals surface area contributed by atoms with Crippen LogP contribution >= 0.6 is 0 Å². The number of esters is 11. The van der Waals surface area contributed by atoms with Crippen LogP contribution in [0.15, 0.2) is 0 Å². The first kappa shape index (κ1) is 121. The molecule has 5 N–H and O–H groups in total. The Morgan fingerprint density at radius 1 is 0.324 bits per heavy atom. The van der Waals surface area contributed by atoms with Gasteiger partial charge in [-0.15, -0.1) is 0 Å². The van der Waals surface area contributed by atoms with Gasteiger partial charge in [-0.2, -0.15) is 0 Å². The molecule has 2 heterocycles. The molecule has 0 aromatic rings. The number of carboxylic acid groups (broad SMARTS) is 5. The lowest BCUT2D eigenvalue weighted by Crippen LogP contribution is -2.44. The van der Waals surface area contributed by atoms with E-state index in [4.69, 9.17) is 71.1 Å². The third-order valence-electron chi connectivity index (χ3n) is 38.0. The molecule has 838 valence electrons. The molecule has 16 aliphatic rings. The van der Waals surface area contributed by atoms with Crippen LogP contribution in [0.5, 0.6) is 0 Å². The molecule has 0 radical (unpaired) electrons. The molecule has 148 heavy (non-hydrogen) atoms. The molecule has 36 heteroatoms. The van der Waals surface area contributed by atoms with Gasteiger partial charge in [-0.25, -0.2) is 4.79 Å². The normalized spacial score (nSPS) is 40.3. The van der Waals surface area contributed by atoms with Gasteiger partial charge in [0, 0.05) is 26.7 Å². The second-order valence-corrected chi connectivity index (χ2v) is 49.6. The molecule has 16 rings (SSSR count). The third-order valence-corrected chi connectivity index (χ3v) is 38.0. The number of cyclic esters (lactones) is 2. The van der Waals surface area contributed by atoms with Gasteiger partial charge in [-0.05, 0) is 307 Å². The Bertz CT molecular complexity index is 4690. The fourth-order valence-electron chi connectivity index (χ4n) is 29.9. The lowest BCUT2D eigenvalue weighted by molar-refractivity contribution is -0.188. The van der Waals surface area contributed by atoms with Gasteiger partial charge in [-0.3, -0.25) is 71.9 Å². The van der Waals surface area contributed by atoms with E-state index in [-0.39, 0.29) is 146 Å². The van der Waals surface area contributed by atoms with Crippen LogP contribution in [-0.2, 0) is 148 Å². The second kappa shape index (κ2) is 49.6. The summed E-state index contributed by atoms with van der Waals surface area (Å²) in [4.78, 5) is 193. The van der Waals surface area contributed by atoms with Crippen molar-refractivity contribution in [3.63, 3.8) is 0 Å². The Labute approximate surface area is 872 Å². The summed E-state index contributed by atoms with van der Waals surface area (Å²) in [5.41, 5.74) is -1.75. The fraction of sp³-hybridized carbons (Fsp3) is 0.857. The highest BCUT2D eigenvalue weighted by Gasteiger charge is 2.69. The maximum Gasteiger partial charge on any atom is 0.347 e. The van der Waals surface area contributed by atoms with E-state index in [2.05, 4.69) is 96.9 Å². The average molecular weight is 2100 g/mol. The summed E-state index contributed by atoms with van der Waals surface area (Å²) < 4.78 is 78.3. The van der Waals surface area contributed by atoms with Crippen molar-refractivity contribution in [2.75, 3.05) is 53.7 Å². The number of ether oxygens (including phenoxy) is 15. The summed E-state index contributed by atoms with van der Waals surface area (Å²) in [6.07, 6.45) is 3.69. The number of aliphatic carboxylic acids is 5. The molecule has 14 saturated carbocycles. The van der Waals surface area contributed by atoms with E-state index in [1.165, 1.54) is 7.11 Å². The van der Waals surface area contributed by atoms with E-state index in [1.807, 2.05) is 90.0 Å². The minimum atomic E-state index is -0.874. The van der Waals surface area contributed by atoms with E-state index in [1.54, 1.807) is 13.8 Å². The Balaban J connectivity index is 0.000000177. The number of fused-ring (bicyclic) bond motifs is 14. The molecular formula is C112H174O36. The topological polar surface area (TPSA) is 513 Å². The average Bonchev–Trinajstić information content (AvgIpc) is 1.58. The van der Waals surface area contributed by atoms with Gasteiger partial charge in [0.05, 0.1) is 102 Å². The molecule has 0 amide bonds. The summed E-state index contributed by atoms with van der Waals surface area (Å²) in [6, 6.07) is 0. The molecule has 0 aromatic carbocycles. The predicted molar refractivity (Wildman–Crippen MR) is 529 cm³/mol. The Hall–Kier alpha value is -8.64. The monoisotopic (exact) mass is 2100 g/mol. The van der Waals surface area contributed by atoms with Gasteiger partial charge in [0.15, 0.2) is 26.2 Å². The highest BCUT2D eigenvalue weighted by atomic mass is 16.7. The summed E-state index contributed by atoms with van der Waals surface area (Å²) in [5, 5.41) is 47.2. The summed E-state index contributed by atoms with van der Waals surface area (Å²) in [6.45, 7) is 58.7. The quantitative estimate of drug-likeness (QED) is 0.0210. The Morgan fingerprint density at radius 2 is 0.574 bits per heavy atom. The number of carbonyl (C=O) groups excluding carboxylic acids is 11. The Kier molecular flexibility index (Phi) is 40.6. The zero-order valence-electron chi connectivity index (χ0n) is 92.8. The van der Waals surface area contributed by atoms with Gasteiger partial charge in [0.2, 0.25) is 6.10 Å². The van der Waals surface area contributed by atoms with Gasteiger partial charge in [0.1, 0.15) is 29.5 Å². The van der Waals surface area contributed by atoms with Crippen molar-refractivity contribution < 1.29 is 173 Å². The van der Waals surface area contributed by atoms with Crippen LogP contribution in [0.1, 0.15) is 259 Å². The van der Waals surface area contributed by atoms with E-state index in [0.717, 1.165) is 44.9 Å². The van der Waals surface area contributed by atoms with Gasteiger partial charge < -0.3 is 96.6 Å². The number of carboxylic acids is 5. The molecule has 14 aliphatic carbocycles. The molecule has 14 bridgehead atoms. The van der Waals surface area contributed by atoms with Crippen LogP contribution in [0.3, 0.4) is 0 Å². The van der Waals surface area contributed by atoms with Crippen molar-refractivity contribution in [3.05, 3.63) is 0 Å². The van der Waals surface area contributed by atoms with Gasteiger partial charge >= 0.3 is 95.5 Å². The first-order chi connectivity index (χ1) is 68.9. The molecule has 46 atom stereocenters. The molecule has 2 aliphatic heterocycles. The highest BCUT2D eigenvalue weighted by Crippen LogP contribution is 2.66. The van der Waals surface area contributed by atoms with Crippen LogP contribution in [0.4, 0.5) is 0 Å². The third kappa shape index (κ3) is 26.5. The summed E-state index contributed by atoms with van der Waals surface area (Å²) in [7, 11) is 1.44. The van der Waals surface area contributed by atoms with Crippen molar-refractivity contribution in [3.8, 4) is 0 Å². The maximum atomic E-state index is 12.8. The van der Waals surface area contributed by atoms with E-state index in [0.29, 0.717) is 115 Å². The number of methoxy groups -OCH3 is 1. The zero-order chi connectivity index (χ0) is 111. The number of hydrogen-bond donors (Lipinski definition) is 5. The molecule has 2 saturated heterocycles. The summed E-state index contributed by atoms with van der Waals surface area (Å²) in [5.74, 6) is -8.88. The van der Waals surface area contributed by atoms with Crippen LogP contribution in [0.25, 0.3) is 0 Å². The van der Waals surface area contributed by atoms with Crippen molar-refractivity contribution >= 4 is 95.5 Å². The highest BCUT2D eigenvalue weighted by molar-refractivity contribution is 5.89. The predicted octanol–water partition coefficient (Wildman–Crippen LogP) is 15.3. The van der Waals surface area contributed by atoms with Crippen LogP contribution in [0, 0.1) is 254 Å². The minimum absolute atomic E-state index is 0.0838. The lowest BCUT2D eigenvalue weighted by Gasteiger charge is -2.37. The lowest BCUT2D eigenvalue weighted by atomic mass is 9.69. The van der Waals surface area contributed by atoms with Crippen molar-refractivity contribution in [1.82, 2.24) is 0 Å². The van der Waals surface area contributed by atoms with Crippen LogP contribution in [-0.4, -0.2) is 216 Å². The first-order valence-electron chi connectivity index (χ1n) is 54.5. The zero-order valence-corrected chi connectivity index (χ0v) is 92.8. The molecule has 16 fully saturated rings. The van der Waals surface area contributed by atoms with Crippen LogP contribution in [0.2, 0.25) is 0 Å². The second-order valence-electron chi connectivity index (χ2n) is 49.6. The minimum Gasteiger partial charge on any atom is -0.481 e. The number of carbonyl (C=O) groups is 16. The van der Waals surface area contributed by atoms with Crippen molar-refractivity contribution in [2.45, 2.75) is 300 Å². The van der Waals surface area contributed by atoms with E-state index < -0.39 is 190 Å². The van der Waals surface area contributed by atoms with Gasteiger partial charge in [-0.1, -0.05) is 111 Å². The van der Waals surface area contributed by atoms with E-state index >= 15 is 0 Å².